The zero-order valence-corrected chi connectivity index (χ0v) is 24.5. The first-order valence-corrected chi connectivity index (χ1v) is 14.8. The fraction of sp³-hybridized carbons (Fsp3) is 0.312. The number of aromatic nitrogens is 4. The molecule has 0 spiro atoms. The van der Waals surface area contributed by atoms with E-state index in [9.17, 15) is 4.79 Å². The fourth-order valence-corrected chi connectivity index (χ4v) is 5.29. The van der Waals surface area contributed by atoms with Gasteiger partial charge < -0.3 is 14.6 Å². The molecule has 0 aliphatic heterocycles. The molecule has 8 heteroatoms. The Labute approximate surface area is 239 Å². The van der Waals surface area contributed by atoms with Gasteiger partial charge in [0.05, 0.1) is 35.2 Å². The van der Waals surface area contributed by atoms with Crippen LogP contribution in [-0.2, 0) is 12.0 Å². The molecule has 0 saturated heterocycles. The van der Waals surface area contributed by atoms with Crippen LogP contribution in [0.15, 0.2) is 73.1 Å². The predicted molar refractivity (Wildman–Crippen MR) is 163 cm³/mol. The lowest BCUT2D eigenvalue weighted by Gasteiger charge is -2.21. The summed E-state index contributed by atoms with van der Waals surface area (Å²) in [7, 11) is 1.67. The van der Waals surface area contributed by atoms with E-state index in [1.54, 1.807) is 43.4 Å². The number of carbonyl (C=O) groups is 1. The van der Waals surface area contributed by atoms with Crippen LogP contribution in [0.1, 0.15) is 60.5 Å². The number of methoxy groups -OCH3 is 1. The maximum absolute atomic E-state index is 13.5. The Hall–Kier alpha value is -3.91. The molecule has 5 rings (SSSR count). The standard InChI is InChI=1S/C32H35N5O2S/c1-32(2,3)23-9-6-21(7-10-23)20-37-29-19-24(39-4)11-13-26(29)35-30(37)27(14-17-40-5)36-31(38)22-8-12-25-28(18-22)34-16-15-33-25/h6-13,15-16,18-19,27H,14,17,20H2,1-5H3,(H,36,38). The van der Waals surface area contributed by atoms with E-state index in [1.807, 2.05) is 24.3 Å². The quantitative estimate of drug-likeness (QED) is 0.223. The SMILES string of the molecule is COc1ccc2nc(C(CCSC)NC(=O)c3ccc4nccnc4c3)n(Cc3ccc(C(C)(C)C)cc3)c2c1. The summed E-state index contributed by atoms with van der Waals surface area (Å²) in [4.78, 5) is 27.3. The van der Waals surface area contributed by atoms with Crippen molar-refractivity contribution in [1.29, 1.82) is 0 Å². The normalized spacial score (nSPS) is 12.5. The molecular weight excluding hydrogens is 518 g/mol. The molecule has 40 heavy (non-hydrogen) atoms. The molecule has 0 fully saturated rings. The molecule has 0 bridgehead atoms. The highest BCUT2D eigenvalue weighted by atomic mass is 32.2. The number of benzene rings is 3. The predicted octanol–water partition coefficient (Wildman–Crippen LogP) is 6.56. The van der Waals surface area contributed by atoms with Crippen molar-refractivity contribution in [1.82, 2.24) is 24.8 Å². The largest absolute Gasteiger partial charge is 0.497 e. The number of fused-ring (bicyclic) bond motifs is 2. The Balaban J connectivity index is 1.53. The van der Waals surface area contributed by atoms with Gasteiger partial charge in [-0.25, -0.2) is 4.98 Å². The molecule has 0 aliphatic rings. The topological polar surface area (TPSA) is 81.9 Å². The Morgan fingerprint density at radius 2 is 1.70 bits per heavy atom. The minimum atomic E-state index is -0.287. The Morgan fingerprint density at radius 3 is 2.40 bits per heavy atom. The summed E-state index contributed by atoms with van der Waals surface area (Å²) in [5.41, 5.74) is 6.37. The molecule has 5 aromatic rings. The number of rotatable bonds is 9. The van der Waals surface area contributed by atoms with Crippen molar-refractivity contribution in [2.24, 2.45) is 0 Å². The van der Waals surface area contributed by atoms with E-state index in [0.29, 0.717) is 17.6 Å². The highest BCUT2D eigenvalue weighted by molar-refractivity contribution is 7.98. The second-order valence-electron chi connectivity index (χ2n) is 10.9. The lowest BCUT2D eigenvalue weighted by molar-refractivity contribution is 0.0933. The highest BCUT2D eigenvalue weighted by Crippen LogP contribution is 2.29. The third-order valence-electron chi connectivity index (χ3n) is 7.10. The first-order valence-electron chi connectivity index (χ1n) is 13.4. The van der Waals surface area contributed by atoms with Gasteiger partial charge in [-0.15, -0.1) is 0 Å². The van der Waals surface area contributed by atoms with E-state index >= 15 is 0 Å². The van der Waals surface area contributed by atoms with Gasteiger partial charge in [-0.3, -0.25) is 14.8 Å². The van der Waals surface area contributed by atoms with E-state index in [2.05, 4.69) is 71.1 Å². The minimum absolute atomic E-state index is 0.0836. The molecule has 2 heterocycles. The zero-order valence-electron chi connectivity index (χ0n) is 23.6. The highest BCUT2D eigenvalue weighted by Gasteiger charge is 2.24. The third-order valence-corrected chi connectivity index (χ3v) is 7.75. The van der Waals surface area contributed by atoms with Gasteiger partial charge in [0.2, 0.25) is 0 Å². The maximum Gasteiger partial charge on any atom is 0.251 e. The monoisotopic (exact) mass is 553 g/mol. The van der Waals surface area contributed by atoms with Crippen molar-refractivity contribution in [2.75, 3.05) is 19.1 Å². The van der Waals surface area contributed by atoms with Gasteiger partial charge >= 0.3 is 0 Å². The number of thioether (sulfide) groups is 1. The van der Waals surface area contributed by atoms with Crippen LogP contribution in [0.3, 0.4) is 0 Å². The van der Waals surface area contributed by atoms with Gasteiger partial charge in [0, 0.05) is 30.6 Å². The molecule has 2 aromatic heterocycles. The van der Waals surface area contributed by atoms with Crippen LogP contribution in [0, 0.1) is 0 Å². The van der Waals surface area contributed by atoms with Gasteiger partial charge in [-0.1, -0.05) is 45.0 Å². The van der Waals surface area contributed by atoms with E-state index in [-0.39, 0.29) is 17.4 Å². The first kappa shape index (κ1) is 27.6. The lowest BCUT2D eigenvalue weighted by atomic mass is 9.87. The van der Waals surface area contributed by atoms with Crippen molar-refractivity contribution in [3.05, 3.63) is 95.6 Å². The van der Waals surface area contributed by atoms with Gasteiger partial charge in [-0.2, -0.15) is 11.8 Å². The third kappa shape index (κ3) is 5.97. The smallest absolute Gasteiger partial charge is 0.251 e. The fourth-order valence-electron chi connectivity index (χ4n) is 4.82. The molecule has 7 nitrogen and oxygen atoms in total. The number of ether oxygens (including phenoxy) is 1. The van der Waals surface area contributed by atoms with Gasteiger partial charge in [0.15, 0.2) is 0 Å². The van der Waals surface area contributed by atoms with Gasteiger partial charge in [0.25, 0.3) is 5.91 Å². The average molecular weight is 554 g/mol. The van der Waals surface area contributed by atoms with Crippen molar-refractivity contribution in [3.63, 3.8) is 0 Å². The van der Waals surface area contributed by atoms with Crippen LogP contribution in [0.5, 0.6) is 5.75 Å². The maximum atomic E-state index is 13.5. The molecule has 206 valence electrons. The number of hydrogen-bond donors (Lipinski definition) is 1. The molecule has 1 atom stereocenters. The summed E-state index contributed by atoms with van der Waals surface area (Å²) in [6, 6.07) is 19.8. The number of nitrogens with one attached hydrogen (secondary N) is 1. The van der Waals surface area contributed by atoms with Crippen LogP contribution in [-0.4, -0.2) is 44.5 Å². The summed E-state index contributed by atoms with van der Waals surface area (Å²) in [6.07, 6.45) is 6.10. The molecule has 1 N–H and O–H groups in total. The van der Waals surface area contributed by atoms with Crippen molar-refractivity contribution < 1.29 is 9.53 Å². The van der Waals surface area contributed by atoms with Crippen molar-refractivity contribution in [2.45, 2.75) is 45.2 Å². The summed E-state index contributed by atoms with van der Waals surface area (Å²) in [5, 5.41) is 3.28. The van der Waals surface area contributed by atoms with E-state index in [0.717, 1.165) is 40.3 Å². The van der Waals surface area contributed by atoms with E-state index in [4.69, 9.17) is 9.72 Å². The van der Waals surface area contributed by atoms with Crippen molar-refractivity contribution in [3.8, 4) is 5.75 Å². The molecule has 1 unspecified atom stereocenters. The molecule has 1 amide bonds. The summed E-state index contributed by atoms with van der Waals surface area (Å²) in [5.74, 6) is 2.31. The van der Waals surface area contributed by atoms with Crippen LogP contribution < -0.4 is 10.1 Å². The summed E-state index contributed by atoms with van der Waals surface area (Å²) in [6.45, 7) is 7.28. The number of hydrogen-bond acceptors (Lipinski definition) is 6. The van der Waals surface area contributed by atoms with Crippen LogP contribution >= 0.6 is 11.8 Å². The lowest BCUT2D eigenvalue weighted by Crippen LogP contribution is -2.31. The second-order valence-corrected chi connectivity index (χ2v) is 11.9. The van der Waals surface area contributed by atoms with Gasteiger partial charge in [0.1, 0.15) is 11.6 Å². The number of carbonyl (C=O) groups excluding carboxylic acids is 1. The minimum Gasteiger partial charge on any atom is -0.497 e. The zero-order chi connectivity index (χ0) is 28.3. The van der Waals surface area contributed by atoms with E-state index in [1.165, 1.54) is 11.1 Å². The molecular formula is C32H35N5O2S. The average Bonchev–Trinajstić information content (AvgIpc) is 3.31. The van der Waals surface area contributed by atoms with Crippen LogP contribution in [0.25, 0.3) is 22.1 Å². The molecule has 0 saturated carbocycles. The van der Waals surface area contributed by atoms with Crippen LogP contribution in [0.4, 0.5) is 0 Å². The number of nitrogens with zero attached hydrogens (tertiary/aromatic N) is 4. The molecule has 0 radical (unpaired) electrons. The Morgan fingerprint density at radius 1 is 0.975 bits per heavy atom. The summed E-state index contributed by atoms with van der Waals surface area (Å²) >= 11 is 1.75. The second kappa shape index (κ2) is 11.7. The number of imidazole rings is 1. The Bertz CT molecular complexity index is 1640. The molecule has 0 aliphatic carbocycles. The number of amides is 1. The first-order chi connectivity index (χ1) is 19.3. The van der Waals surface area contributed by atoms with Gasteiger partial charge in [-0.05, 0) is 65.3 Å². The summed E-state index contributed by atoms with van der Waals surface area (Å²) < 4.78 is 7.76. The molecule has 3 aromatic carbocycles. The van der Waals surface area contributed by atoms with E-state index < -0.39 is 0 Å². The van der Waals surface area contributed by atoms with Crippen LogP contribution in [0.2, 0.25) is 0 Å². The van der Waals surface area contributed by atoms with Crippen molar-refractivity contribution >= 4 is 39.7 Å². The Kier molecular flexibility index (Phi) is 8.07.